The van der Waals surface area contributed by atoms with Gasteiger partial charge in [0.15, 0.2) is 0 Å². The van der Waals surface area contributed by atoms with Crippen molar-refractivity contribution in [2.75, 3.05) is 45.7 Å². The Hall–Kier alpha value is -0.780. The second kappa shape index (κ2) is 6.41. The van der Waals surface area contributed by atoms with Gasteiger partial charge in [0.2, 0.25) is 0 Å². The third-order valence-corrected chi connectivity index (χ3v) is 3.44. The fourth-order valence-electron chi connectivity index (χ4n) is 2.00. The van der Waals surface area contributed by atoms with Crippen LogP contribution in [0, 0.1) is 0 Å². The smallest absolute Gasteiger partial charge is 0.122 e. The van der Waals surface area contributed by atoms with E-state index in [1.54, 1.807) is 7.11 Å². The number of halogens is 1. The lowest BCUT2D eigenvalue weighted by molar-refractivity contribution is -0.0117. The Morgan fingerprint density at radius 2 is 2.33 bits per heavy atom. The summed E-state index contributed by atoms with van der Waals surface area (Å²) < 4.78 is 12.0. The highest BCUT2D eigenvalue weighted by atomic mass is 79.9. The van der Waals surface area contributed by atoms with Gasteiger partial charge in [0, 0.05) is 35.9 Å². The minimum absolute atomic E-state index is 0.244. The summed E-state index contributed by atoms with van der Waals surface area (Å²) in [5.74, 6) is 0.841. The van der Waals surface area contributed by atoms with Crippen LogP contribution in [0.25, 0.3) is 0 Å². The average Bonchev–Trinajstić information content (AvgIpc) is 2.36. The Bertz CT molecular complexity index is 401. The molecule has 0 radical (unpaired) electrons. The number of nitrogens with one attached hydrogen (secondary N) is 1. The van der Waals surface area contributed by atoms with Gasteiger partial charge in [-0.15, -0.1) is 0 Å². The average molecular weight is 315 g/mol. The van der Waals surface area contributed by atoms with E-state index in [0.29, 0.717) is 0 Å². The van der Waals surface area contributed by atoms with Crippen molar-refractivity contribution in [2.45, 2.75) is 6.10 Å². The molecule has 1 fully saturated rings. The van der Waals surface area contributed by atoms with Gasteiger partial charge in [-0.25, -0.2) is 0 Å². The van der Waals surface area contributed by atoms with E-state index < -0.39 is 0 Å². The maximum Gasteiger partial charge on any atom is 0.122 e. The van der Waals surface area contributed by atoms with Gasteiger partial charge in [-0.1, -0.05) is 15.9 Å². The molecular formula is C13H19BrN2O2. The third-order valence-electron chi connectivity index (χ3n) is 2.98. The number of hydrogen-bond acceptors (Lipinski definition) is 4. The SMILES string of the molecule is COc1cc(Br)cc(NCC2CN(C)CCO2)c1. The van der Waals surface area contributed by atoms with Crippen molar-refractivity contribution in [3.63, 3.8) is 0 Å². The second-order valence-electron chi connectivity index (χ2n) is 4.52. The number of likely N-dealkylation sites (N-methyl/N-ethyl adjacent to an activating group) is 1. The van der Waals surface area contributed by atoms with Gasteiger partial charge in [0.25, 0.3) is 0 Å². The van der Waals surface area contributed by atoms with E-state index >= 15 is 0 Å². The molecule has 18 heavy (non-hydrogen) atoms. The molecule has 0 bridgehead atoms. The number of rotatable bonds is 4. The van der Waals surface area contributed by atoms with E-state index in [2.05, 4.69) is 33.2 Å². The lowest BCUT2D eigenvalue weighted by atomic mass is 10.2. The second-order valence-corrected chi connectivity index (χ2v) is 5.43. The lowest BCUT2D eigenvalue weighted by Gasteiger charge is -2.30. The molecule has 1 heterocycles. The molecule has 5 heteroatoms. The summed E-state index contributed by atoms with van der Waals surface area (Å²) in [5, 5.41) is 3.39. The van der Waals surface area contributed by atoms with Crippen LogP contribution < -0.4 is 10.1 Å². The first-order chi connectivity index (χ1) is 8.67. The molecule has 1 aliphatic rings. The van der Waals surface area contributed by atoms with Crippen molar-refractivity contribution in [3.05, 3.63) is 22.7 Å². The summed E-state index contributed by atoms with van der Waals surface area (Å²) in [5.41, 5.74) is 1.04. The monoisotopic (exact) mass is 314 g/mol. The van der Waals surface area contributed by atoms with E-state index in [9.17, 15) is 0 Å². The Morgan fingerprint density at radius 3 is 3.06 bits per heavy atom. The Morgan fingerprint density at radius 1 is 1.50 bits per heavy atom. The van der Waals surface area contributed by atoms with Crippen molar-refractivity contribution in [1.82, 2.24) is 4.90 Å². The zero-order chi connectivity index (χ0) is 13.0. The predicted octanol–water partition coefficient (Wildman–Crippen LogP) is 2.20. The van der Waals surface area contributed by atoms with Crippen LogP contribution >= 0.6 is 15.9 Å². The van der Waals surface area contributed by atoms with Crippen LogP contribution in [0.4, 0.5) is 5.69 Å². The van der Waals surface area contributed by atoms with Crippen LogP contribution in [0.2, 0.25) is 0 Å². The van der Waals surface area contributed by atoms with Crippen LogP contribution in [-0.4, -0.2) is 51.4 Å². The highest BCUT2D eigenvalue weighted by Gasteiger charge is 2.17. The number of ether oxygens (including phenoxy) is 2. The van der Waals surface area contributed by atoms with Crippen molar-refractivity contribution < 1.29 is 9.47 Å². The lowest BCUT2D eigenvalue weighted by Crippen LogP contribution is -2.43. The number of nitrogens with zero attached hydrogens (tertiary/aromatic N) is 1. The van der Waals surface area contributed by atoms with Gasteiger partial charge in [-0.2, -0.15) is 0 Å². The molecule has 2 rings (SSSR count). The van der Waals surface area contributed by atoms with E-state index in [-0.39, 0.29) is 6.10 Å². The molecule has 1 aromatic carbocycles. The largest absolute Gasteiger partial charge is 0.497 e. The molecule has 1 aliphatic heterocycles. The van der Waals surface area contributed by atoms with Gasteiger partial charge in [-0.3, -0.25) is 0 Å². The molecular weight excluding hydrogens is 296 g/mol. The number of methoxy groups -OCH3 is 1. The summed E-state index contributed by atoms with van der Waals surface area (Å²) in [6.07, 6.45) is 0.244. The predicted molar refractivity (Wildman–Crippen MR) is 76.4 cm³/mol. The fourth-order valence-corrected chi connectivity index (χ4v) is 2.48. The molecule has 0 saturated carbocycles. The van der Waals surface area contributed by atoms with Crippen LogP contribution in [0.3, 0.4) is 0 Å². The van der Waals surface area contributed by atoms with Gasteiger partial charge in [0.1, 0.15) is 5.75 Å². The summed E-state index contributed by atoms with van der Waals surface area (Å²) in [6, 6.07) is 5.96. The van der Waals surface area contributed by atoms with Gasteiger partial charge >= 0.3 is 0 Å². The first-order valence-electron chi connectivity index (χ1n) is 6.06. The Kier molecular flexibility index (Phi) is 4.86. The molecule has 0 aliphatic carbocycles. The number of anilines is 1. The molecule has 1 aromatic rings. The Balaban J connectivity index is 1.91. The van der Waals surface area contributed by atoms with Crippen molar-refractivity contribution in [1.29, 1.82) is 0 Å². The van der Waals surface area contributed by atoms with E-state index in [0.717, 1.165) is 42.2 Å². The normalized spacial score (nSPS) is 20.7. The van der Waals surface area contributed by atoms with E-state index in [1.165, 1.54) is 0 Å². The fraction of sp³-hybridized carbons (Fsp3) is 0.538. The zero-order valence-corrected chi connectivity index (χ0v) is 12.4. The first-order valence-corrected chi connectivity index (χ1v) is 6.85. The highest BCUT2D eigenvalue weighted by molar-refractivity contribution is 9.10. The number of hydrogen-bond donors (Lipinski definition) is 1. The van der Waals surface area contributed by atoms with Crippen LogP contribution in [0.1, 0.15) is 0 Å². The quantitative estimate of drug-likeness (QED) is 0.924. The summed E-state index contributed by atoms with van der Waals surface area (Å²) in [4.78, 5) is 2.29. The summed E-state index contributed by atoms with van der Waals surface area (Å²) >= 11 is 3.47. The molecule has 0 amide bonds. The Labute approximate surface area is 116 Å². The summed E-state index contributed by atoms with van der Waals surface area (Å²) in [6.45, 7) is 3.61. The van der Waals surface area contributed by atoms with E-state index in [4.69, 9.17) is 9.47 Å². The minimum Gasteiger partial charge on any atom is -0.497 e. The molecule has 4 nitrogen and oxygen atoms in total. The maximum atomic E-state index is 5.71. The highest BCUT2D eigenvalue weighted by Crippen LogP contribution is 2.24. The van der Waals surface area contributed by atoms with Gasteiger partial charge in [-0.05, 0) is 19.2 Å². The minimum atomic E-state index is 0.244. The number of morpholine rings is 1. The van der Waals surface area contributed by atoms with Gasteiger partial charge < -0.3 is 19.7 Å². The van der Waals surface area contributed by atoms with Crippen LogP contribution in [-0.2, 0) is 4.74 Å². The van der Waals surface area contributed by atoms with Crippen LogP contribution in [0.15, 0.2) is 22.7 Å². The number of benzene rings is 1. The van der Waals surface area contributed by atoms with E-state index in [1.807, 2.05) is 18.2 Å². The molecule has 1 N–H and O–H groups in total. The topological polar surface area (TPSA) is 33.7 Å². The molecule has 1 saturated heterocycles. The molecule has 100 valence electrons. The van der Waals surface area contributed by atoms with Crippen LogP contribution in [0.5, 0.6) is 5.75 Å². The summed E-state index contributed by atoms with van der Waals surface area (Å²) in [7, 11) is 3.79. The first kappa shape index (κ1) is 13.6. The van der Waals surface area contributed by atoms with Crippen molar-refractivity contribution in [2.24, 2.45) is 0 Å². The van der Waals surface area contributed by atoms with Crippen molar-refractivity contribution in [3.8, 4) is 5.75 Å². The standard InChI is InChI=1S/C13H19BrN2O2/c1-16-3-4-18-13(9-16)8-15-11-5-10(14)6-12(7-11)17-2/h5-7,13,15H,3-4,8-9H2,1-2H3. The molecule has 1 atom stereocenters. The third kappa shape index (κ3) is 3.86. The zero-order valence-electron chi connectivity index (χ0n) is 10.8. The van der Waals surface area contributed by atoms with Gasteiger partial charge in [0.05, 0.1) is 19.8 Å². The molecule has 0 aromatic heterocycles. The molecule has 1 unspecified atom stereocenters. The molecule has 0 spiro atoms. The van der Waals surface area contributed by atoms with Crippen molar-refractivity contribution >= 4 is 21.6 Å². The maximum absolute atomic E-state index is 5.71.